The van der Waals surface area contributed by atoms with Crippen molar-refractivity contribution in [2.24, 2.45) is 34.5 Å². The first kappa shape index (κ1) is 24.5. The molecule has 0 aromatic carbocycles. The van der Waals surface area contributed by atoms with Gasteiger partial charge in [-0.3, -0.25) is 14.4 Å². The van der Waals surface area contributed by atoms with Crippen LogP contribution in [0.15, 0.2) is 0 Å². The van der Waals surface area contributed by atoms with Crippen molar-refractivity contribution in [3.63, 3.8) is 0 Å². The van der Waals surface area contributed by atoms with Crippen molar-refractivity contribution in [3.05, 3.63) is 0 Å². The molecule has 0 N–H and O–H groups in total. The van der Waals surface area contributed by atoms with Crippen LogP contribution in [-0.2, 0) is 33.3 Å². The Labute approximate surface area is 197 Å². The van der Waals surface area contributed by atoms with E-state index in [1.165, 1.54) is 20.8 Å². The van der Waals surface area contributed by atoms with Crippen LogP contribution >= 0.6 is 0 Å². The highest BCUT2D eigenvalue weighted by atomic mass is 16.6. The first-order valence-electron chi connectivity index (χ1n) is 12.5. The maximum Gasteiger partial charge on any atom is 0.302 e. The first-order chi connectivity index (χ1) is 15.5. The van der Waals surface area contributed by atoms with Crippen LogP contribution in [0.2, 0.25) is 0 Å². The van der Waals surface area contributed by atoms with Crippen molar-refractivity contribution < 1.29 is 33.3 Å². The van der Waals surface area contributed by atoms with E-state index in [0.29, 0.717) is 24.2 Å². The Bertz CT molecular complexity index is 796. The van der Waals surface area contributed by atoms with Crippen LogP contribution < -0.4 is 0 Å². The number of esters is 3. The molecule has 186 valence electrons. The zero-order valence-corrected chi connectivity index (χ0v) is 20.9. The normalized spacial score (nSPS) is 46.4. The fraction of sp³-hybridized carbons (Fsp3) is 0.885. The molecule has 4 rings (SSSR count). The van der Waals surface area contributed by atoms with E-state index in [0.717, 1.165) is 38.5 Å². The van der Waals surface area contributed by atoms with Crippen molar-refractivity contribution in [1.82, 2.24) is 0 Å². The van der Waals surface area contributed by atoms with E-state index < -0.39 is 5.41 Å². The molecule has 4 aliphatic carbocycles. The van der Waals surface area contributed by atoms with Crippen LogP contribution in [0.4, 0.5) is 0 Å². The molecular formula is C26H40O7. The second-order valence-corrected chi connectivity index (χ2v) is 11.4. The van der Waals surface area contributed by atoms with Crippen LogP contribution in [-0.4, -0.2) is 49.4 Å². The maximum absolute atomic E-state index is 12.2. The Morgan fingerprint density at radius 3 is 2.06 bits per heavy atom. The molecule has 0 aliphatic heterocycles. The summed E-state index contributed by atoms with van der Waals surface area (Å²) in [6.07, 6.45) is 5.63. The molecule has 0 saturated heterocycles. The molecule has 0 spiro atoms. The van der Waals surface area contributed by atoms with Crippen LogP contribution in [0.5, 0.6) is 0 Å². The van der Waals surface area contributed by atoms with Gasteiger partial charge in [-0.15, -0.1) is 0 Å². The number of fused-ring (bicyclic) bond motifs is 5. The number of methoxy groups -OCH3 is 1. The molecule has 7 nitrogen and oxygen atoms in total. The van der Waals surface area contributed by atoms with E-state index in [4.69, 9.17) is 18.9 Å². The van der Waals surface area contributed by atoms with Crippen molar-refractivity contribution in [2.45, 2.75) is 104 Å². The monoisotopic (exact) mass is 464 g/mol. The van der Waals surface area contributed by atoms with Crippen LogP contribution in [0.1, 0.15) is 79.6 Å². The van der Waals surface area contributed by atoms with Crippen molar-refractivity contribution in [2.75, 3.05) is 7.11 Å². The molecular weight excluding hydrogens is 424 g/mol. The molecule has 4 fully saturated rings. The SMILES string of the molecule is CO[C@@H]1C[C@H](OC(C)=O)[C@H]2[C@@H]3CC[C@H]4C[C@H](OC(C)=O)CC[C@]4(C)[C@H]3C[C@H](OC(C)=O)[C@@]21C. The van der Waals surface area contributed by atoms with Crippen LogP contribution in [0, 0.1) is 34.5 Å². The summed E-state index contributed by atoms with van der Waals surface area (Å²) in [5, 5.41) is 0. The van der Waals surface area contributed by atoms with Gasteiger partial charge in [0.05, 0.1) is 6.10 Å². The topological polar surface area (TPSA) is 88.1 Å². The van der Waals surface area contributed by atoms with E-state index >= 15 is 0 Å². The third-order valence-electron chi connectivity index (χ3n) is 9.82. The largest absolute Gasteiger partial charge is 0.463 e. The Morgan fingerprint density at radius 1 is 0.788 bits per heavy atom. The third kappa shape index (κ3) is 4.08. The molecule has 7 heteroatoms. The fourth-order valence-electron chi connectivity index (χ4n) is 8.55. The predicted molar refractivity (Wildman–Crippen MR) is 120 cm³/mol. The highest BCUT2D eigenvalue weighted by molar-refractivity contribution is 5.67. The number of rotatable bonds is 4. The second kappa shape index (κ2) is 8.86. The minimum atomic E-state index is -0.403. The van der Waals surface area contributed by atoms with Gasteiger partial charge in [-0.2, -0.15) is 0 Å². The van der Waals surface area contributed by atoms with E-state index in [-0.39, 0.29) is 53.7 Å². The summed E-state index contributed by atoms with van der Waals surface area (Å²) in [5.41, 5.74) is -0.328. The summed E-state index contributed by atoms with van der Waals surface area (Å²) < 4.78 is 23.4. The molecule has 0 heterocycles. The Kier molecular flexibility index (Phi) is 6.58. The number of hydrogen-bond donors (Lipinski definition) is 0. The lowest BCUT2D eigenvalue weighted by Crippen LogP contribution is -2.61. The zero-order valence-electron chi connectivity index (χ0n) is 20.9. The summed E-state index contributed by atoms with van der Waals surface area (Å²) in [6, 6.07) is 0. The Balaban J connectivity index is 1.69. The van der Waals surface area contributed by atoms with E-state index in [1.54, 1.807) is 7.11 Å². The molecule has 0 radical (unpaired) electrons. The van der Waals surface area contributed by atoms with Gasteiger partial charge in [0.2, 0.25) is 0 Å². The van der Waals surface area contributed by atoms with Gasteiger partial charge in [0.15, 0.2) is 0 Å². The summed E-state index contributed by atoms with van der Waals surface area (Å²) in [6.45, 7) is 8.98. The number of hydrogen-bond acceptors (Lipinski definition) is 7. The summed E-state index contributed by atoms with van der Waals surface area (Å²) >= 11 is 0. The van der Waals surface area contributed by atoms with Gasteiger partial charge in [-0.1, -0.05) is 13.8 Å². The summed E-state index contributed by atoms with van der Waals surface area (Å²) in [4.78, 5) is 35.7. The Morgan fingerprint density at radius 2 is 1.45 bits per heavy atom. The number of ether oxygens (including phenoxy) is 4. The van der Waals surface area contributed by atoms with Crippen molar-refractivity contribution in [3.8, 4) is 0 Å². The minimum absolute atomic E-state index is 0.00612. The van der Waals surface area contributed by atoms with E-state index in [1.807, 2.05) is 0 Å². The highest BCUT2D eigenvalue weighted by Gasteiger charge is 2.68. The molecule has 0 aromatic heterocycles. The average Bonchev–Trinajstić information content (AvgIpc) is 3.00. The van der Waals surface area contributed by atoms with E-state index in [9.17, 15) is 14.4 Å². The smallest absolute Gasteiger partial charge is 0.302 e. The van der Waals surface area contributed by atoms with Crippen LogP contribution in [0.25, 0.3) is 0 Å². The fourth-order valence-corrected chi connectivity index (χ4v) is 8.55. The zero-order chi connectivity index (χ0) is 24.1. The lowest BCUT2D eigenvalue weighted by Gasteiger charge is -2.62. The second-order valence-electron chi connectivity index (χ2n) is 11.4. The summed E-state index contributed by atoms with van der Waals surface area (Å²) in [5.74, 6) is 0.515. The lowest BCUT2D eigenvalue weighted by molar-refractivity contribution is -0.212. The Hall–Kier alpha value is -1.63. The molecule has 0 amide bonds. The maximum atomic E-state index is 12.2. The standard InChI is InChI=1S/C26H40O7/c1-14(27)31-18-9-10-25(4)17(11-18)7-8-19-20(25)12-23(33-16(3)29)26(5)22(30-6)13-21(24(19)26)32-15(2)28/h17-24H,7-13H2,1-6H3/t17-,18+,19+,20-,21-,22+,23-,24+,25-,26-/m0/s1. The van der Waals surface area contributed by atoms with E-state index in [2.05, 4.69) is 13.8 Å². The molecule has 10 atom stereocenters. The summed E-state index contributed by atoms with van der Waals surface area (Å²) in [7, 11) is 1.70. The lowest BCUT2D eigenvalue weighted by atomic mass is 9.44. The molecule has 4 aliphatic rings. The average molecular weight is 465 g/mol. The quantitative estimate of drug-likeness (QED) is 0.458. The van der Waals surface area contributed by atoms with Gasteiger partial charge >= 0.3 is 17.9 Å². The highest BCUT2D eigenvalue weighted by Crippen LogP contribution is 2.67. The van der Waals surface area contributed by atoms with Gasteiger partial charge in [-0.05, 0) is 61.7 Å². The molecule has 0 aromatic rings. The van der Waals surface area contributed by atoms with Gasteiger partial charge in [0, 0.05) is 45.6 Å². The van der Waals surface area contributed by atoms with Crippen molar-refractivity contribution in [1.29, 1.82) is 0 Å². The number of carbonyl (C=O) groups excluding carboxylic acids is 3. The van der Waals surface area contributed by atoms with Gasteiger partial charge in [-0.25, -0.2) is 0 Å². The minimum Gasteiger partial charge on any atom is -0.463 e. The van der Waals surface area contributed by atoms with Gasteiger partial charge in [0.25, 0.3) is 0 Å². The number of carbonyl (C=O) groups is 3. The van der Waals surface area contributed by atoms with Gasteiger partial charge in [0.1, 0.15) is 18.3 Å². The molecule has 33 heavy (non-hydrogen) atoms. The van der Waals surface area contributed by atoms with Crippen LogP contribution in [0.3, 0.4) is 0 Å². The first-order valence-corrected chi connectivity index (χ1v) is 12.5. The third-order valence-corrected chi connectivity index (χ3v) is 9.82. The molecule has 0 bridgehead atoms. The molecule has 0 unspecified atom stereocenters. The van der Waals surface area contributed by atoms with Gasteiger partial charge < -0.3 is 18.9 Å². The molecule has 4 saturated carbocycles. The van der Waals surface area contributed by atoms with Crippen molar-refractivity contribution >= 4 is 17.9 Å². The predicted octanol–water partition coefficient (Wildman–Crippen LogP) is 4.06.